The van der Waals surface area contributed by atoms with E-state index in [-0.39, 0.29) is 5.82 Å². The van der Waals surface area contributed by atoms with Gasteiger partial charge in [0.1, 0.15) is 5.82 Å². The molecule has 0 saturated carbocycles. The molecule has 0 radical (unpaired) electrons. The van der Waals surface area contributed by atoms with Crippen molar-refractivity contribution in [3.05, 3.63) is 57.0 Å². The lowest BCUT2D eigenvalue weighted by Gasteiger charge is -2.14. The number of thiophene rings is 1. The fraction of sp³-hybridized carbons (Fsp3) is 0.375. The van der Waals surface area contributed by atoms with E-state index < -0.39 is 0 Å². The SMILES string of the molecule is Cc1cc(F)ccc1CCNC(C)c1sccc1C. The number of benzene rings is 1. The van der Waals surface area contributed by atoms with Crippen LogP contribution in [0, 0.1) is 19.7 Å². The van der Waals surface area contributed by atoms with Crippen LogP contribution in [-0.2, 0) is 6.42 Å². The Morgan fingerprint density at radius 1 is 1.21 bits per heavy atom. The molecule has 2 rings (SSSR count). The van der Waals surface area contributed by atoms with Gasteiger partial charge in [-0.15, -0.1) is 11.3 Å². The molecule has 1 atom stereocenters. The van der Waals surface area contributed by atoms with Crippen LogP contribution in [0.15, 0.2) is 29.6 Å². The molecule has 1 N–H and O–H groups in total. The largest absolute Gasteiger partial charge is 0.309 e. The quantitative estimate of drug-likeness (QED) is 0.854. The summed E-state index contributed by atoms with van der Waals surface area (Å²) in [5.74, 6) is -0.156. The minimum Gasteiger partial charge on any atom is -0.309 e. The van der Waals surface area contributed by atoms with Crippen molar-refractivity contribution in [2.45, 2.75) is 33.2 Å². The van der Waals surface area contributed by atoms with E-state index in [0.717, 1.165) is 18.5 Å². The first-order valence-corrected chi connectivity index (χ1v) is 7.48. The van der Waals surface area contributed by atoms with E-state index >= 15 is 0 Å². The fourth-order valence-corrected chi connectivity index (χ4v) is 3.24. The summed E-state index contributed by atoms with van der Waals surface area (Å²) >= 11 is 1.80. The van der Waals surface area contributed by atoms with E-state index in [1.54, 1.807) is 17.4 Å². The lowest BCUT2D eigenvalue weighted by molar-refractivity contribution is 0.581. The highest BCUT2D eigenvalue weighted by Gasteiger charge is 2.09. The number of aryl methyl sites for hydroxylation is 2. The van der Waals surface area contributed by atoms with Crippen LogP contribution < -0.4 is 5.32 Å². The predicted octanol–water partition coefficient (Wildman–Crippen LogP) is 4.40. The van der Waals surface area contributed by atoms with Crippen molar-refractivity contribution in [2.75, 3.05) is 6.54 Å². The Morgan fingerprint density at radius 2 is 2.00 bits per heavy atom. The Labute approximate surface area is 118 Å². The third kappa shape index (κ3) is 3.64. The van der Waals surface area contributed by atoms with Gasteiger partial charge >= 0.3 is 0 Å². The summed E-state index contributed by atoms with van der Waals surface area (Å²) < 4.78 is 13.0. The molecule has 19 heavy (non-hydrogen) atoms. The molecule has 0 amide bonds. The monoisotopic (exact) mass is 277 g/mol. The molecule has 0 saturated heterocycles. The van der Waals surface area contributed by atoms with Gasteiger partial charge in [0.05, 0.1) is 0 Å². The molecule has 0 aliphatic carbocycles. The van der Waals surface area contributed by atoms with Gasteiger partial charge in [0.2, 0.25) is 0 Å². The van der Waals surface area contributed by atoms with Crippen LogP contribution in [0.2, 0.25) is 0 Å². The summed E-state index contributed by atoms with van der Waals surface area (Å²) in [6, 6.07) is 7.55. The average molecular weight is 277 g/mol. The summed E-state index contributed by atoms with van der Waals surface area (Å²) in [6.45, 7) is 7.21. The molecule has 1 nitrogen and oxygen atoms in total. The summed E-state index contributed by atoms with van der Waals surface area (Å²) in [4.78, 5) is 1.40. The number of hydrogen-bond acceptors (Lipinski definition) is 2. The molecule has 0 spiro atoms. The van der Waals surface area contributed by atoms with Crippen molar-refractivity contribution >= 4 is 11.3 Å². The normalized spacial score (nSPS) is 12.6. The minimum absolute atomic E-state index is 0.156. The van der Waals surface area contributed by atoms with E-state index in [1.165, 1.54) is 22.1 Å². The molecule has 1 aromatic carbocycles. The van der Waals surface area contributed by atoms with E-state index in [9.17, 15) is 4.39 Å². The fourth-order valence-electron chi connectivity index (χ4n) is 2.28. The zero-order valence-corrected chi connectivity index (χ0v) is 12.5. The van der Waals surface area contributed by atoms with Crippen LogP contribution in [0.4, 0.5) is 4.39 Å². The van der Waals surface area contributed by atoms with Crippen LogP contribution in [0.1, 0.15) is 34.5 Å². The van der Waals surface area contributed by atoms with Crippen LogP contribution >= 0.6 is 11.3 Å². The lowest BCUT2D eigenvalue weighted by Crippen LogP contribution is -2.21. The van der Waals surface area contributed by atoms with Gasteiger partial charge in [0.15, 0.2) is 0 Å². The van der Waals surface area contributed by atoms with Gasteiger partial charge in [-0.3, -0.25) is 0 Å². The first-order chi connectivity index (χ1) is 9.08. The second-order valence-corrected chi connectivity index (χ2v) is 5.91. The van der Waals surface area contributed by atoms with Crippen molar-refractivity contribution in [3.63, 3.8) is 0 Å². The zero-order valence-electron chi connectivity index (χ0n) is 11.7. The maximum atomic E-state index is 13.0. The summed E-state index contributed by atoms with van der Waals surface area (Å²) in [5, 5.41) is 5.66. The Kier molecular flexibility index (Phi) is 4.72. The maximum Gasteiger partial charge on any atom is 0.123 e. The second-order valence-electron chi connectivity index (χ2n) is 4.96. The van der Waals surface area contributed by atoms with E-state index in [1.807, 2.05) is 13.0 Å². The van der Waals surface area contributed by atoms with Crippen LogP contribution in [-0.4, -0.2) is 6.54 Å². The highest BCUT2D eigenvalue weighted by molar-refractivity contribution is 7.10. The second kappa shape index (κ2) is 6.31. The van der Waals surface area contributed by atoms with Crippen LogP contribution in [0.25, 0.3) is 0 Å². The van der Waals surface area contributed by atoms with E-state index in [4.69, 9.17) is 0 Å². The smallest absolute Gasteiger partial charge is 0.123 e. The molecule has 2 aromatic rings. The van der Waals surface area contributed by atoms with Gasteiger partial charge in [0.25, 0.3) is 0 Å². The molecule has 1 unspecified atom stereocenters. The molecule has 0 fully saturated rings. The first kappa shape index (κ1) is 14.2. The van der Waals surface area contributed by atoms with Gasteiger partial charge in [-0.05, 0) is 74.0 Å². The Balaban J connectivity index is 1.88. The molecule has 0 bridgehead atoms. The van der Waals surface area contributed by atoms with Gasteiger partial charge in [-0.1, -0.05) is 6.07 Å². The highest BCUT2D eigenvalue weighted by atomic mass is 32.1. The zero-order chi connectivity index (χ0) is 13.8. The minimum atomic E-state index is -0.156. The molecular weight excluding hydrogens is 257 g/mol. The summed E-state index contributed by atoms with van der Waals surface area (Å²) in [6.07, 6.45) is 0.931. The topological polar surface area (TPSA) is 12.0 Å². The maximum absolute atomic E-state index is 13.0. The summed E-state index contributed by atoms with van der Waals surface area (Å²) in [5.41, 5.74) is 3.59. The Bertz CT molecular complexity index is 547. The van der Waals surface area contributed by atoms with Gasteiger partial charge in [0, 0.05) is 10.9 Å². The molecule has 1 heterocycles. The third-order valence-electron chi connectivity index (χ3n) is 3.44. The Morgan fingerprint density at radius 3 is 2.63 bits per heavy atom. The van der Waals surface area contributed by atoms with Crippen molar-refractivity contribution in [3.8, 4) is 0 Å². The van der Waals surface area contributed by atoms with Crippen molar-refractivity contribution in [1.29, 1.82) is 0 Å². The first-order valence-electron chi connectivity index (χ1n) is 6.60. The number of hydrogen-bond donors (Lipinski definition) is 1. The van der Waals surface area contributed by atoms with Gasteiger partial charge in [-0.2, -0.15) is 0 Å². The average Bonchev–Trinajstić information content (AvgIpc) is 2.78. The molecule has 0 aliphatic heterocycles. The highest BCUT2D eigenvalue weighted by Crippen LogP contribution is 2.23. The van der Waals surface area contributed by atoms with Crippen LogP contribution in [0.5, 0.6) is 0 Å². The van der Waals surface area contributed by atoms with Crippen molar-refractivity contribution in [2.24, 2.45) is 0 Å². The molecular formula is C16H20FNS. The summed E-state index contributed by atoms with van der Waals surface area (Å²) in [7, 11) is 0. The molecule has 102 valence electrons. The predicted molar refractivity (Wildman–Crippen MR) is 80.3 cm³/mol. The molecule has 1 aromatic heterocycles. The molecule has 3 heteroatoms. The lowest BCUT2D eigenvalue weighted by atomic mass is 10.1. The van der Waals surface area contributed by atoms with Gasteiger partial charge in [-0.25, -0.2) is 4.39 Å². The van der Waals surface area contributed by atoms with Crippen molar-refractivity contribution in [1.82, 2.24) is 5.32 Å². The van der Waals surface area contributed by atoms with E-state index in [0.29, 0.717) is 6.04 Å². The van der Waals surface area contributed by atoms with E-state index in [2.05, 4.69) is 30.6 Å². The van der Waals surface area contributed by atoms with Crippen molar-refractivity contribution < 1.29 is 4.39 Å². The number of halogens is 1. The van der Waals surface area contributed by atoms with Gasteiger partial charge < -0.3 is 5.32 Å². The third-order valence-corrected chi connectivity index (χ3v) is 4.65. The standard InChI is InChI=1S/C16H20FNS/c1-11-7-9-19-16(11)13(3)18-8-6-14-4-5-15(17)10-12(14)2/h4-5,7,9-10,13,18H,6,8H2,1-3H3. The number of nitrogens with one attached hydrogen (secondary N) is 1. The number of rotatable bonds is 5. The Hall–Kier alpha value is -1.19. The van der Waals surface area contributed by atoms with Crippen LogP contribution in [0.3, 0.4) is 0 Å². The molecule has 0 aliphatic rings.